The van der Waals surface area contributed by atoms with Crippen molar-refractivity contribution in [3.8, 4) is 0 Å². The van der Waals surface area contributed by atoms with Crippen molar-refractivity contribution in [2.45, 2.75) is 19.8 Å². The van der Waals surface area contributed by atoms with E-state index in [1.54, 1.807) is 19.2 Å². The summed E-state index contributed by atoms with van der Waals surface area (Å²) >= 11 is 0. The second-order valence-corrected chi connectivity index (χ2v) is 6.02. The summed E-state index contributed by atoms with van der Waals surface area (Å²) in [6.07, 6.45) is 2.82. The Hall–Kier alpha value is -2.83. The van der Waals surface area contributed by atoms with Gasteiger partial charge in [-0.2, -0.15) is 0 Å². The lowest BCUT2D eigenvalue weighted by atomic mass is 9.97. The number of aromatic nitrogens is 1. The number of nitrogens with one attached hydrogen (secondary N) is 2. The molecule has 0 spiro atoms. The largest absolute Gasteiger partial charge is 0.466 e. The third-order valence-corrected chi connectivity index (χ3v) is 4.43. The fourth-order valence-corrected chi connectivity index (χ4v) is 3.09. The molecule has 0 radical (unpaired) electrons. The minimum Gasteiger partial charge on any atom is -0.466 e. The van der Waals surface area contributed by atoms with Gasteiger partial charge in [-0.05, 0) is 31.9 Å². The van der Waals surface area contributed by atoms with Gasteiger partial charge >= 0.3 is 17.8 Å². The molecule has 1 saturated heterocycles. The molecule has 2 heterocycles. The molecule has 0 unspecified atom stereocenters. The van der Waals surface area contributed by atoms with Crippen LogP contribution >= 0.6 is 0 Å². The topological polar surface area (TPSA) is 91.5 Å². The third-order valence-electron chi connectivity index (χ3n) is 4.43. The van der Waals surface area contributed by atoms with Crippen molar-refractivity contribution < 1.29 is 19.1 Å². The van der Waals surface area contributed by atoms with Crippen molar-refractivity contribution in [3.63, 3.8) is 0 Å². The highest BCUT2D eigenvalue weighted by atomic mass is 16.5. The van der Waals surface area contributed by atoms with Crippen molar-refractivity contribution in [1.29, 1.82) is 0 Å². The Balaban J connectivity index is 1.59. The fraction of sp³-hybridized carbons (Fsp3) is 0.389. The summed E-state index contributed by atoms with van der Waals surface area (Å²) in [6.45, 7) is 2.88. The van der Waals surface area contributed by atoms with Crippen molar-refractivity contribution in [1.82, 2.24) is 9.88 Å². The number of esters is 1. The van der Waals surface area contributed by atoms with Crippen molar-refractivity contribution in [2.75, 3.05) is 25.0 Å². The number of aromatic amines is 1. The number of fused-ring (bicyclic) bond motifs is 1. The van der Waals surface area contributed by atoms with Gasteiger partial charge < -0.3 is 19.9 Å². The normalized spacial score (nSPS) is 15.2. The van der Waals surface area contributed by atoms with E-state index in [9.17, 15) is 14.4 Å². The van der Waals surface area contributed by atoms with Crippen LogP contribution in [-0.4, -0.2) is 47.4 Å². The number of hydrogen-bond donors (Lipinski definition) is 2. The summed E-state index contributed by atoms with van der Waals surface area (Å²) in [5, 5.41) is 3.63. The highest BCUT2D eigenvalue weighted by Gasteiger charge is 2.30. The number of anilines is 1. The summed E-state index contributed by atoms with van der Waals surface area (Å²) in [5.74, 6) is -1.67. The quantitative estimate of drug-likeness (QED) is 0.658. The van der Waals surface area contributed by atoms with E-state index in [4.69, 9.17) is 4.74 Å². The Bertz CT molecular complexity index is 790. The molecular formula is C18H21N3O4. The second kappa shape index (κ2) is 7.38. The molecule has 25 heavy (non-hydrogen) atoms. The van der Waals surface area contributed by atoms with Crippen LogP contribution in [0.2, 0.25) is 0 Å². The van der Waals surface area contributed by atoms with Gasteiger partial charge in [-0.3, -0.25) is 14.4 Å². The van der Waals surface area contributed by atoms with Crippen molar-refractivity contribution in [2.24, 2.45) is 5.92 Å². The number of carbonyl (C=O) groups is 3. The van der Waals surface area contributed by atoms with E-state index >= 15 is 0 Å². The first kappa shape index (κ1) is 17.0. The monoisotopic (exact) mass is 343 g/mol. The van der Waals surface area contributed by atoms with Crippen LogP contribution in [0.25, 0.3) is 10.9 Å². The highest BCUT2D eigenvalue weighted by Crippen LogP contribution is 2.22. The van der Waals surface area contributed by atoms with Crippen molar-refractivity contribution >= 4 is 34.4 Å². The molecule has 1 aromatic carbocycles. The first-order valence-corrected chi connectivity index (χ1v) is 8.43. The van der Waals surface area contributed by atoms with E-state index in [-0.39, 0.29) is 11.9 Å². The number of rotatable bonds is 3. The van der Waals surface area contributed by atoms with Crippen LogP contribution < -0.4 is 5.32 Å². The number of piperidine rings is 1. The first-order valence-electron chi connectivity index (χ1n) is 8.43. The van der Waals surface area contributed by atoms with Gasteiger partial charge in [0.2, 0.25) is 0 Å². The van der Waals surface area contributed by atoms with Crippen LogP contribution in [-0.2, 0) is 19.1 Å². The smallest absolute Gasteiger partial charge is 0.313 e. The van der Waals surface area contributed by atoms with E-state index in [0.717, 1.165) is 10.9 Å². The number of H-pyrrole nitrogens is 1. The van der Waals surface area contributed by atoms with Gasteiger partial charge in [-0.1, -0.05) is 12.1 Å². The van der Waals surface area contributed by atoms with Crippen LogP contribution in [0.5, 0.6) is 0 Å². The third kappa shape index (κ3) is 3.65. The maximum atomic E-state index is 12.4. The molecule has 132 valence electrons. The molecule has 1 fully saturated rings. The Morgan fingerprint density at radius 2 is 2.00 bits per heavy atom. The zero-order valence-corrected chi connectivity index (χ0v) is 14.1. The zero-order valence-electron chi connectivity index (χ0n) is 14.1. The number of para-hydroxylation sites is 1. The van der Waals surface area contributed by atoms with Crippen LogP contribution in [0.3, 0.4) is 0 Å². The second-order valence-electron chi connectivity index (χ2n) is 6.02. The molecule has 2 aromatic rings. The molecule has 1 aromatic heterocycles. The number of amides is 2. The van der Waals surface area contributed by atoms with Crippen LogP contribution in [0.1, 0.15) is 19.8 Å². The summed E-state index contributed by atoms with van der Waals surface area (Å²) in [4.78, 5) is 40.9. The van der Waals surface area contributed by atoms with Gasteiger partial charge in [0.05, 0.1) is 23.7 Å². The van der Waals surface area contributed by atoms with Gasteiger partial charge in [0, 0.05) is 24.7 Å². The SMILES string of the molecule is CCOC(=O)C1CCN(C(=O)C(=O)Nc2cccc3cc[nH]c23)CC1. The highest BCUT2D eigenvalue weighted by molar-refractivity contribution is 6.40. The zero-order chi connectivity index (χ0) is 17.8. The number of likely N-dealkylation sites (tertiary alicyclic amines) is 1. The van der Waals surface area contributed by atoms with Gasteiger partial charge in [0.25, 0.3) is 0 Å². The molecule has 0 saturated carbocycles. The average Bonchev–Trinajstić information content (AvgIpc) is 3.11. The van der Waals surface area contributed by atoms with Gasteiger partial charge in [-0.25, -0.2) is 0 Å². The number of hydrogen-bond acceptors (Lipinski definition) is 4. The molecule has 1 aliphatic rings. The van der Waals surface area contributed by atoms with Crippen LogP contribution in [0.4, 0.5) is 5.69 Å². The lowest BCUT2D eigenvalue weighted by Crippen LogP contribution is -2.45. The number of nitrogens with zero attached hydrogens (tertiary/aromatic N) is 1. The maximum Gasteiger partial charge on any atom is 0.313 e. The van der Waals surface area contributed by atoms with E-state index in [0.29, 0.717) is 38.2 Å². The average molecular weight is 343 g/mol. The minimum atomic E-state index is -0.670. The molecule has 2 N–H and O–H groups in total. The molecule has 1 aliphatic heterocycles. The molecule has 3 rings (SSSR count). The number of benzene rings is 1. The molecular weight excluding hydrogens is 322 g/mol. The molecule has 2 amide bonds. The van der Waals surface area contributed by atoms with E-state index in [1.807, 2.05) is 18.2 Å². The van der Waals surface area contributed by atoms with E-state index in [1.165, 1.54) is 4.90 Å². The summed E-state index contributed by atoms with van der Waals surface area (Å²) in [7, 11) is 0. The molecule has 0 aliphatic carbocycles. The number of carbonyl (C=O) groups excluding carboxylic acids is 3. The first-order chi connectivity index (χ1) is 12.1. The summed E-state index contributed by atoms with van der Waals surface area (Å²) in [5.41, 5.74) is 1.35. The van der Waals surface area contributed by atoms with Crippen molar-refractivity contribution in [3.05, 3.63) is 30.5 Å². The lowest BCUT2D eigenvalue weighted by Gasteiger charge is -2.30. The Labute approximate surface area is 145 Å². The molecule has 7 nitrogen and oxygen atoms in total. The van der Waals surface area contributed by atoms with Gasteiger partial charge in [0.1, 0.15) is 0 Å². The standard InChI is InChI=1S/C18H21N3O4/c1-2-25-18(24)13-7-10-21(11-8-13)17(23)16(22)20-14-5-3-4-12-6-9-19-15(12)14/h3-6,9,13,19H,2,7-8,10-11H2,1H3,(H,20,22). The van der Waals surface area contributed by atoms with Gasteiger partial charge in [0.15, 0.2) is 0 Å². The number of ether oxygens (including phenoxy) is 1. The predicted molar refractivity (Wildman–Crippen MR) is 92.9 cm³/mol. The van der Waals surface area contributed by atoms with E-state index < -0.39 is 11.8 Å². The van der Waals surface area contributed by atoms with E-state index in [2.05, 4.69) is 10.3 Å². The molecule has 0 bridgehead atoms. The lowest BCUT2D eigenvalue weighted by molar-refractivity contribution is -0.152. The van der Waals surface area contributed by atoms with Crippen LogP contribution in [0.15, 0.2) is 30.5 Å². The predicted octanol–water partition coefficient (Wildman–Crippen LogP) is 1.91. The molecule has 0 atom stereocenters. The molecule has 7 heteroatoms. The maximum absolute atomic E-state index is 12.4. The Morgan fingerprint density at radius 3 is 2.72 bits per heavy atom. The fourth-order valence-electron chi connectivity index (χ4n) is 3.09. The Kier molecular flexibility index (Phi) is 5.02. The summed E-state index contributed by atoms with van der Waals surface area (Å²) in [6, 6.07) is 7.38. The summed E-state index contributed by atoms with van der Waals surface area (Å²) < 4.78 is 5.01. The van der Waals surface area contributed by atoms with Gasteiger partial charge in [-0.15, -0.1) is 0 Å². The minimum absolute atomic E-state index is 0.195. The Morgan fingerprint density at radius 1 is 1.24 bits per heavy atom. The van der Waals surface area contributed by atoms with Crippen LogP contribution in [0, 0.1) is 5.92 Å².